The first kappa shape index (κ1) is 18.5. The SMILES string of the molecule is NC1CCCC(C(=O)N2CCN(CCOc3ccccc3Cl)CC2)C1. The van der Waals surface area contributed by atoms with Gasteiger partial charge in [0.25, 0.3) is 0 Å². The van der Waals surface area contributed by atoms with Crippen LogP contribution < -0.4 is 10.5 Å². The third-order valence-electron chi connectivity index (χ3n) is 5.25. The number of halogens is 1. The van der Waals surface area contributed by atoms with Crippen molar-refractivity contribution >= 4 is 17.5 Å². The van der Waals surface area contributed by atoms with Crippen molar-refractivity contribution in [2.24, 2.45) is 11.7 Å². The zero-order chi connectivity index (χ0) is 17.6. The molecule has 0 spiro atoms. The molecule has 2 N–H and O–H groups in total. The Morgan fingerprint density at radius 2 is 1.96 bits per heavy atom. The van der Waals surface area contributed by atoms with E-state index in [2.05, 4.69) is 4.90 Å². The van der Waals surface area contributed by atoms with E-state index in [4.69, 9.17) is 22.1 Å². The van der Waals surface area contributed by atoms with Gasteiger partial charge in [0.05, 0.1) is 5.02 Å². The van der Waals surface area contributed by atoms with Gasteiger partial charge in [-0.3, -0.25) is 9.69 Å². The largest absolute Gasteiger partial charge is 0.491 e. The maximum Gasteiger partial charge on any atom is 0.225 e. The maximum atomic E-state index is 12.7. The quantitative estimate of drug-likeness (QED) is 0.870. The minimum absolute atomic E-state index is 0.138. The van der Waals surface area contributed by atoms with Gasteiger partial charge in [-0.1, -0.05) is 30.2 Å². The number of benzene rings is 1. The molecule has 138 valence electrons. The summed E-state index contributed by atoms with van der Waals surface area (Å²) in [5.74, 6) is 1.17. The number of hydrogen-bond donors (Lipinski definition) is 1. The third-order valence-corrected chi connectivity index (χ3v) is 5.56. The number of carbonyl (C=O) groups excluding carboxylic acids is 1. The van der Waals surface area contributed by atoms with Crippen molar-refractivity contribution in [1.29, 1.82) is 0 Å². The number of amides is 1. The molecular weight excluding hydrogens is 338 g/mol. The van der Waals surface area contributed by atoms with Crippen LogP contribution in [-0.4, -0.2) is 61.1 Å². The van der Waals surface area contributed by atoms with Crippen molar-refractivity contribution in [3.63, 3.8) is 0 Å². The fourth-order valence-corrected chi connectivity index (χ4v) is 3.94. The van der Waals surface area contributed by atoms with Gasteiger partial charge in [0.1, 0.15) is 12.4 Å². The highest BCUT2D eigenvalue weighted by Crippen LogP contribution is 2.25. The van der Waals surface area contributed by atoms with Crippen LogP contribution in [0.1, 0.15) is 25.7 Å². The van der Waals surface area contributed by atoms with Crippen LogP contribution >= 0.6 is 11.6 Å². The summed E-state index contributed by atoms with van der Waals surface area (Å²) in [7, 11) is 0. The molecule has 2 atom stereocenters. The lowest BCUT2D eigenvalue weighted by Gasteiger charge is -2.37. The fourth-order valence-electron chi connectivity index (χ4n) is 3.75. The Hall–Kier alpha value is -1.30. The summed E-state index contributed by atoms with van der Waals surface area (Å²) in [6, 6.07) is 7.73. The Balaban J connectivity index is 1.38. The van der Waals surface area contributed by atoms with Gasteiger partial charge in [0, 0.05) is 44.7 Å². The third kappa shape index (κ3) is 5.09. The molecule has 1 aliphatic carbocycles. The van der Waals surface area contributed by atoms with Crippen LogP contribution in [0.25, 0.3) is 0 Å². The Morgan fingerprint density at radius 1 is 1.20 bits per heavy atom. The zero-order valence-electron chi connectivity index (χ0n) is 14.7. The number of carbonyl (C=O) groups is 1. The molecule has 0 radical (unpaired) electrons. The minimum atomic E-state index is 0.138. The Bertz CT molecular complexity index is 576. The van der Waals surface area contributed by atoms with Gasteiger partial charge < -0.3 is 15.4 Å². The molecule has 2 unspecified atom stereocenters. The van der Waals surface area contributed by atoms with Crippen LogP contribution in [0.15, 0.2) is 24.3 Å². The summed E-state index contributed by atoms with van der Waals surface area (Å²) in [4.78, 5) is 17.0. The van der Waals surface area contributed by atoms with E-state index in [1.807, 2.05) is 29.2 Å². The van der Waals surface area contributed by atoms with Gasteiger partial charge in [-0.25, -0.2) is 0 Å². The topological polar surface area (TPSA) is 58.8 Å². The molecule has 0 bridgehead atoms. The van der Waals surface area contributed by atoms with Crippen LogP contribution in [0, 0.1) is 5.92 Å². The van der Waals surface area contributed by atoms with Gasteiger partial charge >= 0.3 is 0 Å². The van der Waals surface area contributed by atoms with E-state index in [0.29, 0.717) is 17.5 Å². The van der Waals surface area contributed by atoms with Gasteiger partial charge in [0.2, 0.25) is 5.91 Å². The molecule has 1 aliphatic heterocycles. The number of para-hydroxylation sites is 1. The second-order valence-corrected chi connectivity index (χ2v) is 7.48. The van der Waals surface area contributed by atoms with Crippen molar-refractivity contribution in [2.45, 2.75) is 31.7 Å². The van der Waals surface area contributed by atoms with Crippen molar-refractivity contribution < 1.29 is 9.53 Å². The molecule has 2 aliphatic rings. The number of nitrogens with two attached hydrogens (primary N) is 1. The number of nitrogens with zero attached hydrogens (tertiary/aromatic N) is 2. The van der Waals surface area contributed by atoms with Crippen LogP contribution in [0.4, 0.5) is 0 Å². The Kier molecular flexibility index (Phi) is 6.57. The van der Waals surface area contributed by atoms with E-state index < -0.39 is 0 Å². The van der Waals surface area contributed by atoms with Crippen molar-refractivity contribution in [1.82, 2.24) is 9.80 Å². The molecule has 3 rings (SSSR count). The lowest BCUT2D eigenvalue weighted by atomic mass is 9.85. The molecule has 5 nitrogen and oxygen atoms in total. The number of ether oxygens (including phenoxy) is 1. The number of hydrogen-bond acceptors (Lipinski definition) is 4. The Labute approximate surface area is 155 Å². The van der Waals surface area contributed by atoms with Crippen LogP contribution in [-0.2, 0) is 4.79 Å². The molecule has 1 heterocycles. The smallest absolute Gasteiger partial charge is 0.225 e. The van der Waals surface area contributed by atoms with E-state index in [1.54, 1.807) is 0 Å². The summed E-state index contributed by atoms with van der Waals surface area (Å²) in [5.41, 5.74) is 6.03. The summed E-state index contributed by atoms with van der Waals surface area (Å²) in [6.07, 6.45) is 3.99. The highest BCUT2D eigenvalue weighted by Gasteiger charge is 2.30. The summed E-state index contributed by atoms with van der Waals surface area (Å²) in [6.45, 7) is 4.86. The predicted octanol–water partition coefficient (Wildman–Crippen LogP) is 2.38. The highest BCUT2D eigenvalue weighted by molar-refractivity contribution is 6.32. The second kappa shape index (κ2) is 8.88. The van der Waals surface area contributed by atoms with Crippen molar-refractivity contribution in [2.75, 3.05) is 39.3 Å². The van der Waals surface area contributed by atoms with E-state index >= 15 is 0 Å². The molecule has 1 aromatic rings. The van der Waals surface area contributed by atoms with Crippen LogP contribution in [0.3, 0.4) is 0 Å². The van der Waals surface area contributed by atoms with Gasteiger partial charge in [-0.05, 0) is 31.4 Å². The number of piperazine rings is 1. The molecule has 1 aromatic carbocycles. The average Bonchev–Trinajstić information content (AvgIpc) is 2.63. The maximum absolute atomic E-state index is 12.7. The average molecular weight is 366 g/mol. The summed E-state index contributed by atoms with van der Waals surface area (Å²) < 4.78 is 5.75. The first-order valence-corrected chi connectivity index (χ1v) is 9.65. The molecule has 25 heavy (non-hydrogen) atoms. The van der Waals surface area contributed by atoms with Crippen LogP contribution in [0.5, 0.6) is 5.75 Å². The zero-order valence-corrected chi connectivity index (χ0v) is 15.5. The molecule has 1 saturated carbocycles. The van der Waals surface area contributed by atoms with Crippen molar-refractivity contribution in [3.8, 4) is 5.75 Å². The monoisotopic (exact) mass is 365 g/mol. The standard InChI is InChI=1S/C19H28ClN3O2/c20-17-6-1-2-7-18(17)25-13-12-22-8-10-23(11-9-22)19(24)15-4-3-5-16(21)14-15/h1-2,6-7,15-16H,3-5,8-14,21H2. The first-order chi connectivity index (χ1) is 12.1. The van der Waals surface area contributed by atoms with E-state index in [9.17, 15) is 4.79 Å². The lowest BCUT2D eigenvalue weighted by molar-refractivity contribution is -0.138. The van der Waals surface area contributed by atoms with Gasteiger partial charge in [0.15, 0.2) is 0 Å². The van der Waals surface area contributed by atoms with E-state index in [0.717, 1.165) is 64.2 Å². The highest BCUT2D eigenvalue weighted by atomic mass is 35.5. The van der Waals surface area contributed by atoms with Crippen molar-refractivity contribution in [3.05, 3.63) is 29.3 Å². The minimum Gasteiger partial charge on any atom is -0.491 e. The lowest BCUT2D eigenvalue weighted by Crippen LogP contribution is -2.51. The summed E-state index contributed by atoms with van der Waals surface area (Å²) >= 11 is 6.09. The molecule has 6 heteroatoms. The summed E-state index contributed by atoms with van der Waals surface area (Å²) in [5, 5.41) is 0.642. The molecule has 1 amide bonds. The molecule has 1 saturated heterocycles. The second-order valence-electron chi connectivity index (χ2n) is 7.07. The van der Waals surface area contributed by atoms with Gasteiger partial charge in [-0.15, -0.1) is 0 Å². The fraction of sp³-hybridized carbons (Fsp3) is 0.632. The molecule has 0 aromatic heterocycles. The van der Waals surface area contributed by atoms with E-state index in [-0.39, 0.29) is 12.0 Å². The Morgan fingerprint density at radius 3 is 2.68 bits per heavy atom. The van der Waals surface area contributed by atoms with Crippen LogP contribution in [0.2, 0.25) is 5.02 Å². The first-order valence-electron chi connectivity index (χ1n) is 9.27. The molecule has 2 fully saturated rings. The molecular formula is C19H28ClN3O2. The van der Waals surface area contributed by atoms with Gasteiger partial charge in [-0.2, -0.15) is 0 Å². The predicted molar refractivity (Wildman–Crippen MR) is 99.9 cm³/mol. The number of rotatable bonds is 5. The van der Waals surface area contributed by atoms with E-state index in [1.165, 1.54) is 0 Å². The normalized spacial score (nSPS) is 25.0.